The Morgan fingerprint density at radius 3 is 2.37 bits per heavy atom. The highest BCUT2D eigenvalue weighted by molar-refractivity contribution is 7.80. The molecule has 1 aromatic carbocycles. The maximum Gasteiger partial charge on any atom is 0.341 e. The summed E-state index contributed by atoms with van der Waals surface area (Å²) in [7, 11) is 0. The number of amides is 1. The zero-order valence-corrected chi connectivity index (χ0v) is 18.4. The SMILES string of the molecule is CCOC(=O)c1cc([N+](=O)[O-])sc1NC(=S)NC(=O)c1ccc(N(CC)CC)cc1. The molecule has 1 aromatic heterocycles. The number of nitrogens with one attached hydrogen (secondary N) is 2. The molecule has 0 atom stereocenters. The molecule has 0 bridgehead atoms. The van der Waals surface area contributed by atoms with Gasteiger partial charge >= 0.3 is 11.0 Å². The third-order valence-corrected chi connectivity index (χ3v) is 5.31. The van der Waals surface area contributed by atoms with Gasteiger partial charge in [0.25, 0.3) is 5.91 Å². The Balaban J connectivity index is 2.10. The molecule has 2 rings (SSSR count). The molecule has 2 aromatic rings. The molecular weight excluding hydrogens is 428 g/mol. The lowest BCUT2D eigenvalue weighted by atomic mass is 10.2. The lowest BCUT2D eigenvalue weighted by Gasteiger charge is -2.21. The second-order valence-corrected chi connectivity index (χ2v) is 7.37. The van der Waals surface area contributed by atoms with Crippen LogP contribution in [0, 0.1) is 10.1 Å². The van der Waals surface area contributed by atoms with E-state index in [2.05, 4.69) is 15.5 Å². The summed E-state index contributed by atoms with van der Waals surface area (Å²) >= 11 is 5.86. The molecule has 0 aliphatic heterocycles. The van der Waals surface area contributed by atoms with Crippen LogP contribution in [0.3, 0.4) is 0 Å². The van der Waals surface area contributed by atoms with E-state index in [1.807, 2.05) is 26.0 Å². The average Bonchev–Trinajstić information content (AvgIpc) is 3.13. The zero-order valence-electron chi connectivity index (χ0n) is 16.8. The van der Waals surface area contributed by atoms with E-state index < -0.39 is 16.8 Å². The average molecular weight is 451 g/mol. The molecule has 1 amide bonds. The van der Waals surface area contributed by atoms with Crippen LogP contribution in [0.2, 0.25) is 0 Å². The Morgan fingerprint density at radius 2 is 1.83 bits per heavy atom. The second-order valence-electron chi connectivity index (χ2n) is 5.93. The Labute approximate surface area is 183 Å². The third-order valence-electron chi connectivity index (χ3n) is 4.11. The smallest absolute Gasteiger partial charge is 0.341 e. The first-order valence-electron chi connectivity index (χ1n) is 9.23. The van der Waals surface area contributed by atoms with Crippen molar-refractivity contribution in [2.24, 2.45) is 0 Å². The topological polar surface area (TPSA) is 114 Å². The van der Waals surface area contributed by atoms with Crippen LogP contribution in [0.5, 0.6) is 0 Å². The van der Waals surface area contributed by atoms with Gasteiger partial charge in [0.2, 0.25) is 0 Å². The molecule has 2 N–H and O–H groups in total. The number of esters is 1. The summed E-state index contributed by atoms with van der Waals surface area (Å²) in [5.74, 6) is -1.16. The van der Waals surface area contributed by atoms with Crippen molar-refractivity contribution >= 4 is 56.2 Å². The fourth-order valence-corrected chi connectivity index (χ4v) is 3.77. The molecule has 0 aliphatic rings. The molecule has 9 nitrogen and oxygen atoms in total. The number of thiocarbonyl (C=S) groups is 1. The number of hydrogen-bond donors (Lipinski definition) is 2. The molecule has 0 saturated carbocycles. The zero-order chi connectivity index (χ0) is 22.3. The molecule has 11 heteroatoms. The van der Waals surface area contributed by atoms with Gasteiger partial charge in [-0.3, -0.25) is 20.2 Å². The van der Waals surface area contributed by atoms with Gasteiger partial charge in [0, 0.05) is 30.4 Å². The van der Waals surface area contributed by atoms with Crippen LogP contribution < -0.4 is 15.5 Å². The van der Waals surface area contributed by atoms with Crippen molar-refractivity contribution in [3.05, 3.63) is 51.6 Å². The minimum Gasteiger partial charge on any atom is -0.462 e. The minimum atomic E-state index is -0.717. The van der Waals surface area contributed by atoms with Crippen molar-refractivity contribution < 1.29 is 19.2 Å². The number of carbonyl (C=O) groups is 2. The van der Waals surface area contributed by atoms with Crippen molar-refractivity contribution in [1.29, 1.82) is 0 Å². The standard InChI is InChI=1S/C19H22N4O5S2/c1-4-22(5-2)13-9-7-12(8-10-13)16(24)20-19(29)21-17-14(18(25)28-6-3)11-15(30-17)23(26)27/h7-11H,4-6H2,1-3H3,(H2,20,21,24,29). The quantitative estimate of drug-likeness (QED) is 0.270. The van der Waals surface area contributed by atoms with Crippen molar-refractivity contribution in [1.82, 2.24) is 5.32 Å². The molecule has 0 aliphatic carbocycles. The minimum absolute atomic E-state index is 0.0197. The molecule has 0 spiro atoms. The van der Waals surface area contributed by atoms with Gasteiger partial charge in [-0.05, 0) is 68.6 Å². The number of anilines is 2. The van der Waals surface area contributed by atoms with E-state index in [1.54, 1.807) is 19.1 Å². The Hall–Kier alpha value is -3.05. The van der Waals surface area contributed by atoms with Crippen molar-refractivity contribution in [2.75, 3.05) is 29.9 Å². The lowest BCUT2D eigenvalue weighted by molar-refractivity contribution is -0.380. The Bertz CT molecular complexity index is 939. The van der Waals surface area contributed by atoms with Crippen LogP contribution in [0.4, 0.5) is 15.7 Å². The molecule has 30 heavy (non-hydrogen) atoms. The molecule has 0 unspecified atom stereocenters. The van der Waals surface area contributed by atoms with Gasteiger partial charge in [-0.1, -0.05) is 0 Å². The van der Waals surface area contributed by atoms with Gasteiger partial charge in [0.05, 0.1) is 11.5 Å². The van der Waals surface area contributed by atoms with Crippen LogP contribution in [-0.4, -0.2) is 41.6 Å². The van der Waals surface area contributed by atoms with Gasteiger partial charge < -0.3 is 15.0 Å². The van der Waals surface area contributed by atoms with Gasteiger partial charge in [-0.15, -0.1) is 0 Å². The molecule has 160 valence electrons. The monoisotopic (exact) mass is 450 g/mol. The van der Waals surface area contributed by atoms with E-state index in [0.29, 0.717) is 5.56 Å². The Kier molecular flexibility index (Phi) is 8.25. The van der Waals surface area contributed by atoms with E-state index >= 15 is 0 Å². The number of rotatable bonds is 8. The third kappa shape index (κ3) is 5.74. The van der Waals surface area contributed by atoms with E-state index in [0.717, 1.165) is 36.2 Å². The van der Waals surface area contributed by atoms with Gasteiger partial charge in [-0.2, -0.15) is 0 Å². The van der Waals surface area contributed by atoms with E-state index in [9.17, 15) is 19.7 Å². The summed E-state index contributed by atoms with van der Waals surface area (Å²) in [6.07, 6.45) is 0. The summed E-state index contributed by atoms with van der Waals surface area (Å²) in [6, 6.07) is 8.18. The summed E-state index contributed by atoms with van der Waals surface area (Å²) in [6.45, 7) is 7.55. The Morgan fingerprint density at radius 1 is 1.20 bits per heavy atom. The van der Waals surface area contributed by atoms with Crippen LogP contribution in [0.15, 0.2) is 30.3 Å². The number of thiophene rings is 1. The summed E-state index contributed by atoms with van der Waals surface area (Å²) < 4.78 is 4.91. The van der Waals surface area contributed by atoms with E-state index in [-0.39, 0.29) is 27.3 Å². The van der Waals surface area contributed by atoms with Gasteiger partial charge in [0.15, 0.2) is 5.11 Å². The highest BCUT2D eigenvalue weighted by atomic mass is 32.1. The predicted octanol–water partition coefficient (Wildman–Crippen LogP) is 3.81. The first kappa shape index (κ1) is 23.2. The summed E-state index contributed by atoms with van der Waals surface area (Å²) in [4.78, 5) is 37.1. The number of benzene rings is 1. The first-order chi connectivity index (χ1) is 14.3. The van der Waals surface area contributed by atoms with Crippen molar-refractivity contribution in [2.45, 2.75) is 20.8 Å². The number of nitrogens with zero attached hydrogens (tertiary/aromatic N) is 2. The van der Waals surface area contributed by atoms with Crippen LogP contribution in [0.25, 0.3) is 0 Å². The molecule has 0 saturated heterocycles. The number of carbonyl (C=O) groups excluding carboxylic acids is 2. The largest absolute Gasteiger partial charge is 0.462 e. The van der Waals surface area contributed by atoms with Crippen LogP contribution in [0.1, 0.15) is 41.5 Å². The molecule has 0 radical (unpaired) electrons. The van der Waals surface area contributed by atoms with Gasteiger partial charge in [0.1, 0.15) is 10.6 Å². The fourth-order valence-electron chi connectivity index (χ4n) is 2.64. The van der Waals surface area contributed by atoms with E-state index in [4.69, 9.17) is 17.0 Å². The van der Waals surface area contributed by atoms with Gasteiger partial charge in [-0.25, -0.2) is 4.79 Å². The highest BCUT2D eigenvalue weighted by Crippen LogP contribution is 2.34. The van der Waals surface area contributed by atoms with Crippen molar-refractivity contribution in [3.8, 4) is 0 Å². The maximum atomic E-state index is 12.5. The van der Waals surface area contributed by atoms with Crippen molar-refractivity contribution in [3.63, 3.8) is 0 Å². The van der Waals surface area contributed by atoms with E-state index in [1.165, 1.54) is 0 Å². The predicted molar refractivity (Wildman–Crippen MR) is 121 cm³/mol. The number of nitro groups is 1. The van der Waals surface area contributed by atoms with Crippen LogP contribution in [-0.2, 0) is 4.74 Å². The normalized spacial score (nSPS) is 10.2. The number of hydrogen-bond acceptors (Lipinski definition) is 8. The second kappa shape index (κ2) is 10.6. The fraction of sp³-hybridized carbons (Fsp3) is 0.316. The lowest BCUT2D eigenvalue weighted by Crippen LogP contribution is -2.34. The number of ether oxygens (including phenoxy) is 1. The molecule has 0 fully saturated rings. The first-order valence-corrected chi connectivity index (χ1v) is 10.5. The molecule has 1 heterocycles. The highest BCUT2D eigenvalue weighted by Gasteiger charge is 2.23. The summed E-state index contributed by atoms with van der Waals surface area (Å²) in [5.41, 5.74) is 1.38. The maximum absolute atomic E-state index is 12.5. The van der Waals surface area contributed by atoms with Crippen LogP contribution >= 0.6 is 23.6 Å². The molecular formula is C19H22N4O5S2. The summed E-state index contributed by atoms with van der Waals surface area (Å²) in [5, 5.41) is 16.0.